The van der Waals surface area contributed by atoms with Crippen LogP contribution in [0.1, 0.15) is 39.5 Å². The third-order valence-electron chi connectivity index (χ3n) is 1.72. The van der Waals surface area contributed by atoms with Crippen LogP contribution in [0.15, 0.2) is 12.7 Å². The molecule has 90 valence electrons. The highest BCUT2D eigenvalue weighted by Gasteiger charge is 1.84. The molecule has 0 spiro atoms. The van der Waals surface area contributed by atoms with Gasteiger partial charge in [-0.25, -0.2) is 0 Å². The Morgan fingerprint density at radius 2 is 1.73 bits per heavy atom. The third kappa shape index (κ3) is 19.5. The van der Waals surface area contributed by atoms with Gasteiger partial charge in [0.1, 0.15) is 0 Å². The summed E-state index contributed by atoms with van der Waals surface area (Å²) in [5, 5.41) is 2.36. The quantitative estimate of drug-likeness (QED) is 0.523. The summed E-state index contributed by atoms with van der Waals surface area (Å²) < 4.78 is 5.31. The molecular formula is C12H25NO2. The van der Waals surface area contributed by atoms with Gasteiger partial charge in [-0.1, -0.05) is 33.3 Å². The van der Waals surface area contributed by atoms with Crippen molar-refractivity contribution in [3.05, 3.63) is 12.7 Å². The molecule has 3 heteroatoms. The average molecular weight is 215 g/mol. The summed E-state index contributed by atoms with van der Waals surface area (Å²) in [4.78, 5) is 9.95. The largest absolute Gasteiger partial charge is 0.381 e. The molecule has 0 unspecified atom stereocenters. The predicted molar refractivity (Wildman–Crippen MR) is 64.9 cm³/mol. The topological polar surface area (TPSA) is 38.3 Å². The number of hydrogen-bond acceptors (Lipinski definition) is 2. The van der Waals surface area contributed by atoms with Gasteiger partial charge >= 0.3 is 0 Å². The maximum atomic E-state index is 9.95. The molecule has 0 bridgehead atoms. The zero-order valence-electron chi connectivity index (χ0n) is 10.3. The van der Waals surface area contributed by atoms with E-state index in [1.54, 1.807) is 7.05 Å². The van der Waals surface area contributed by atoms with Crippen LogP contribution in [0.5, 0.6) is 0 Å². The van der Waals surface area contributed by atoms with Crippen LogP contribution in [0.4, 0.5) is 0 Å². The second-order valence-corrected chi connectivity index (χ2v) is 3.14. The summed E-state index contributed by atoms with van der Waals surface area (Å²) in [6.07, 6.45) is 6.13. The van der Waals surface area contributed by atoms with Crippen LogP contribution in [0.25, 0.3) is 0 Å². The maximum Gasteiger partial charge on any atom is 0.243 e. The minimum absolute atomic E-state index is 0.144. The van der Waals surface area contributed by atoms with Crippen molar-refractivity contribution in [3.63, 3.8) is 0 Å². The van der Waals surface area contributed by atoms with Gasteiger partial charge in [0.15, 0.2) is 0 Å². The Kier molecular flexibility index (Phi) is 17.3. The number of rotatable bonds is 7. The van der Waals surface area contributed by atoms with E-state index in [1.165, 1.54) is 31.8 Å². The molecule has 0 aliphatic rings. The molecule has 3 nitrogen and oxygen atoms in total. The van der Waals surface area contributed by atoms with Crippen LogP contribution in [-0.2, 0) is 9.53 Å². The van der Waals surface area contributed by atoms with E-state index in [-0.39, 0.29) is 5.91 Å². The minimum atomic E-state index is -0.144. The van der Waals surface area contributed by atoms with Crippen LogP contribution in [0, 0.1) is 0 Å². The molecule has 0 saturated carbocycles. The summed E-state index contributed by atoms with van der Waals surface area (Å²) in [6.45, 7) is 9.50. The maximum absolute atomic E-state index is 9.95. The Morgan fingerprint density at radius 3 is 1.93 bits per heavy atom. The molecule has 0 aromatic heterocycles. The fraction of sp³-hybridized carbons (Fsp3) is 0.750. The van der Waals surface area contributed by atoms with Gasteiger partial charge in [-0.05, 0) is 18.9 Å². The van der Waals surface area contributed by atoms with E-state index in [0.717, 1.165) is 13.2 Å². The van der Waals surface area contributed by atoms with Crippen molar-refractivity contribution in [3.8, 4) is 0 Å². The zero-order valence-corrected chi connectivity index (χ0v) is 10.3. The second-order valence-electron chi connectivity index (χ2n) is 3.14. The number of unbranched alkanes of at least 4 members (excludes halogenated alkanes) is 2. The van der Waals surface area contributed by atoms with E-state index >= 15 is 0 Å². The van der Waals surface area contributed by atoms with Crippen molar-refractivity contribution in [1.82, 2.24) is 5.32 Å². The summed E-state index contributed by atoms with van der Waals surface area (Å²) >= 11 is 0. The predicted octanol–water partition coefficient (Wildman–Crippen LogP) is 2.52. The lowest BCUT2D eigenvalue weighted by molar-refractivity contribution is -0.116. The van der Waals surface area contributed by atoms with E-state index in [4.69, 9.17) is 4.74 Å². The van der Waals surface area contributed by atoms with Gasteiger partial charge in [-0.15, -0.1) is 0 Å². The fourth-order valence-corrected chi connectivity index (χ4v) is 0.697. The van der Waals surface area contributed by atoms with Crippen LogP contribution >= 0.6 is 0 Å². The van der Waals surface area contributed by atoms with Crippen molar-refractivity contribution < 1.29 is 9.53 Å². The molecule has 0 aromatic carbocycles. The molecule has 0 aromatic rings. The normalized spacial score (nSPS) is 8.73. The van der Waals surface area contributed by atoms with Crippen LogP contribution < -0.4 is 5.32 Å². The molecule has 0 fully saturated rings. The smallest absolute Gasteiger partial charge is 0.243 e. The Balaban J connectivity index is 0. The van der Waals surface area contributed by atoms with E-state index in [9.17, 15) is 4.79 Å². The molecular weight excluding hydrogens is 190 g/mol. The monoisotopic (exact) mass is 215 g/mol. The van der Waals surface area contributed by atoms with Crippen molar-refractivity contribution in [2.45, 2.75) is 39.5 Å². The average Bonchev–Trinajstić information content (AvgIpc) is 2.29. The van der Waals surface area contributed by atoms with Gasteiger partial charge in [0.05, 0.1) is 0 Å². The molecule has 0 atom stereocenters. The van der Waals surface area contributed by atoms with E-state index < -0.39 is 0 Å². The minimum Gasteiger partial charge on any atom is -0.381 e. The van der Waals surface area contributed by atoms with Gasteiger partial charge in [-0.2, -0.15) is 0 Å². The van der Waals surface area contributed by atoms with Crippen molar-refractivity contribution in [1.29, 1.82) is 0 Å². The summed E-state index contributed by atoms with van der Waals surface area (Å²) in [5.74, 6) is -0.144. The Labute approximate surface area is 93.9 Å². The molecule has 0 radical (unpaired) electrons. The molecule has 0 aliphatic carbocycles. The first-order valence-electron chi connectivity index (χ1n) is 5.64. The zero-order chi connectivity index (χ0) is 11.9. The molecule has 1 amide bonds. The van der Waals surface area contributed by atoms with Crippen molar-refractivity contribution >= 4 is 5.91 Å². The lowest BCUT2D eigenvalue weighted by atomic mass is 10.3. The summed E-state index contributed by atoms with van der Waals surface area (Å²) in [6, 6.07) is 0. The number of carbonyl (C=O) groups is 1. The van der Waals surface area contributed by atoms with Crippen molar-refractivity contribution in [2.75, 3.05) is 20.3 Å². The highest BCUT2D eigenvalue weighted by molar-refractivity contribution is 5.86. The first kappa shape index (κ1) is 16.6. The SMILES string of the molecule is C=CC(=O)NC.CCCCOCCCC. The first-order chi connectivity index (χ1) is 7.22. The van der Waals surface area contributed by atoms with Gasteiger partial charge in [0.25, 0.3) is 0 Å². The van der Waals surface area contributed by atoms with E-state index in [0.29, 0.717) is 0 Å². The Hall–Kier alpha value is -0.830. The molecule has 0 aliphatic heterocycles. The lowest BCUT2D eigenvalue weighted by Gasteiger charge is -1.99. The summed E-state index contributed by atoms with van der Waals surface area (Å²) in [5.41, 5.74) is 0. The van der Waals surface area contributed by atoms with E-state index in [2.05, 4.69) is 25.7 Å². The van der Waals surface area contributed by atoms with Gasteiger partial charge in [0, 0.05) is 20.3 Å². The fourth-order valence-electron chi connectivity index (χ4n) is 0.697. The van der Waals surface area contributed by atoms with Gasteiger partial charge in [-0.3, -0.25) is 4.79 Å². The van der Waals surface area contributed by atoms with E-state index in [1.807, 2.05) is 0 Å². The molecule has 0 rings (SSSR count). The molecule has 0 heterocycles. The molecule has 0 saturated heterocycles. The highest BCUT2D eigenvalue weighted by Crippen LogP contribution is 1.91. The number of carbonyl (C=O) groups excluding carboxylic acids is 1. The summed E-state index contributed by atoms with van der Waals surface area (Å²) in [7, 11) is 1.56. The van der Waals surface area contributed by atoms with Crippen LogP contribution in [0.2, 0.25) is 0 Å². The second kappa shape index (κ2) is 15.6. The number of amides is 1. The van der Waals surface area contributed by atoms with Crippen LogP contribution in [-0.4, -0.2) is 26.2 Å². The Morgan fingerprint density at radius 1 is 1.27 bits per heavy atom. The third-order valence-corrected chi connectivity index (χ3v) is 1.72. The molecule has 15 heavy (non-hydrogen) atoms. The first-order valence-corrected chi connectivity index (χ1v) is 5.64. The van der Waals surface area contributed by atoms with Gasteiger partial charge < -0.3 is 10.1 Å². The van der Waals surface area contributed by atoms with Crippen LogP contribution in [0.3, 0.4) is 0 Å². The van der Waals surface area contributed by atoms with Crippen molar-refractivity contribution in [2.24, 2.45) is 0 Å². The number of hydrogen-bond donors (Lipinski definition) is 1. The number of ether oxygens (including phenoxy) is 1. The number of nitrogens with one attached hydrogen (secondary N) is 1. The van der Waals surface area contributed by atoms with Gasteiger partial charge in [0.2, 0.25) is 5.91 Å². The number of likely N-dealkylation sites (N-methyl/N-ethyl adjacent to an activating group) is 1. The highest BCUT2D eigenvalue weighted by atomic mass is 16.5. The Bertz CT molecular complexity index is 141. The molecule has 1 N–H and O–H groups in total. The standard InChI is InChI=1S/C8H18O.C4H7NO/c1-3-5-7-9-8-6-4-2;1-3-4(6)5-2/h3-8H2,1-2H3;3H,1H2,2H3,(H,5,6). The lowest BCUT2D eigenvalue weighted by Crippen LogP contribution is -2.13.